The van der Waals surface area contributed by atoms with Crippen LogP contribution >= 0.6 is 11.6 Å². The zero-order chi connectivity index (χ0) is 14.2. The smallest absolute Gasteiger partial charge is 0.337 e. The van der Waals surface area contributed by atoms with Crippen LogP contribution in [-0.2, 0) is 0 Å². The first kappa shape index (κ1) is 13.7. The summed E-state index contributed by atoms with van der Waals surface area (Å²) in [5.74, 6) is -1.10. The summed E-state index contributed by atoms with van der Waals surface area (Å²) in [6.45, 7) is 4.16. The normalized spacial score (nSPS) is 19.6. The maximum absolute atomic E-state index is 11.7. The SMILES string of the molecule is CC1(C)CC1NC(=O)Nc1ccc(C(=O)O)c(Cl)c1. The van der Waals surface area contributed by atoms with Crippen molar-refractivity contribution < 1.29 is 14.7 Å². The number of amides is 2. The molecule has 1 aromatic carbocycles. The molecule has 1 saturated carbocycles. The van der Waals surface area contributed by atoms with E-state index in [1.54, 1.807) is 0 Å². The average molecular weight is 283 g/mol. The molecule has 0 aromatic heterocycles. The lowest BCUT2D eigenvalue weighted by molar-refractivity contribution is 0.0697. The van der Waals surface area contributed by atoms with Gasteiger partial charge in [0.15, 0.2) is 0 Å². The summed E-state index contributed by atoms with van der Waals surface area (Å²) in [5.41, 5.74) is 0.629. The Kier molecular flexibility index (Phi) is 3.41. The standard InChI is InChI=1S/C13H15ClN2O3/c1-13(2)6-10(13)16-12(19)15-7-3-4-8(11(17)18)9(14)5-7/h3-5,10H,6H2,1-2H3,(H,17,18)(H2,15,16,19). The van der Waals surface area contributed by atoms with Gasteiger partial charge in [0.2, 0.25) is 0 Å². The number of carbonyl (C=O) groups excluding carboxylic acids is 1. The second kappa shape index (κ2) is 4.74. The molecule has 0 saturated heterocycles. The second-order valence-electron chi connectivity index (χ2n) is 5.34. The molecule has 1 unspecified atom stereocenters. The largest absolute Gasteiger partial charge is 0.478 e. The van der Waals surface area contributed by atoms with Gasteiger partial charge in [-0.25, -0.2) is 9.59 Å². The summed E-state index contributed by atoms with van der Waals surface area (Å²) in [6, 6.07) is 4.16. The van der Waals surface area contributed by atoms with Crippen molar-refractivity contribution in [1.29, 1.82) is 0 Å². The number of benzene rings is 1. The van der Waals surface area contributed by atoms with Crippen molar-refractivity contribution in [2.24, 2.45) is 5.41 Å². The van der Waals surface area contributed by atoms with Crippen LogP contribution in [-0.4, -0.2) is 23.1 Å². The van der Waals surface area contributed by atoms with E-state index in [1.165, 1.54) is 18.2 Å². The number of hydrogen-bond donors (Lipinski definition) is 3. The number of carboxylic acid groups (broad SMARTS) is 1. The number of halogens is 1. The first-order chi connectivity index (χ1) is 8.79. The van der Waals surface area contributed by atoms with Crippen LogP contribution in [0.3, 0.4) is 0 Å². The molecule has 3 N–H and O–H groups in total. The van der Waals surface area contributed by atoms with Crippen LogP contribution in [0.1, 0.15) is 30.6 Å². The third-order valence-electron chi connectivity index (χ3n) is 3.28. The van der Waals surface area contributed by atoms with Crippen molar-refractivity contribution >= 4 is 29.3 Å². The fraction of sp³-hybridized carbons (Fsp3) is 0.385. The second-order valence-corrected chi connectivity index (χ2v) is 5.75. The summed E-state index contributed by atoms with van der Waals surface area (Å²) in [4.78, 5) is 22.5. The summed E-state index contributed by atoms with van der Waals surface area (Å²) in [6.07, 6.45) is 0.957. The molecule has 0 heterocycles. The Balaban J connectivity index is 1.98. The summed E-state index contributed by atoms with van der Waals surface area (Å²) < 4.78 is 0. The van der Waals surface area contributed by atoms with Gasteiger partial charge in [-0.05, 0) is 30.0 Å². The molecular formula is C13H15ClN2O3. The van der Waals surface area contributed by atoms with E-state index in [9.17, 15) is 9.59 Å². The van der Waals surface area contributed by atoms with E-state index >= 15 is 0 Å². The van der Waals surface area contributed by atoms with Crippen LogP contribution < -0.4 is 10.6 Å². The van der Waals surface area contributed by atoms with Gasteiger partial charge in [-0.3, -0.25) is 0 Å². The molecule has 1 atom stereocenters. The zero-order valence-electron chi connectivity index (χ0n) is 10.7. The summed E-state index contributed by atoms with van der Waals surface area (Å²) in [7, 11) is 0. The fourth-order valence-corrected chi connectivity index (χ4v) is 2.07. The maximum Gasteiger partial charge on any atom is 0.337 e. The first-order valence-corrected chi connectivity index (χ1v) is 6.28. The van der Waals surface area contributed by atoms with Gasteiger partial charge in [0.05, 0.1) is 10.6 Å². The average Bonchev–Trinajstić information content (AvgIpc) is 2.84. The molecule has 2 amide bonds. The zero-order valence-corrected chi connectivity index (χ0v) is 11.4. The first-order valence-electron chi connectivity index (χ1n) is 5.90. The molecule has 0 bridgehead atoms. The van der Waals surface area contributed by atoms with Crippen molar-refractivity contribution in [3.8, 4) is 0 Å². The summed E-state index contributed by atoms with van der Waals surface area (Å²) >= 11 is 5.82. The predicted octanol–water partition coefficient (Wildman–Crippen LogP) is 2.96. The van der Waals surface area contributed by atoms with E-state index in [0.29, 0.717) is 5.69 Å². The molecule has 102 valence electrons. The van der Waals surface area contributed by atoms with Crippen molar-refractivity contribution in [1.82, 2.24) is 5.32 Å². The molecule has 6 heteroatoms. The number of nitrogens with one attached hydrogen (secondary N) is 2. The van der Waals surface area contributed by atoms with E-state index in [4.69, 9.17) is 16.7 Å². The number of hydrogen-bond acceptors (Lipinski definition) is 2. The van der Waals surface area contributed by atoms with E-state index in [0.717, 1.165) is 6.42 Å². The molecule has 1 aliphatic rings. The Morgan fingerprint density at radius 2 is 2.05 bits per heavy atom. The Hall–Kier alpha value is -1.75. The van der Waals surface area contributed by atoms with Gasteiger partial charge in [0, 0.05) is 11.7 Å². The van der Waals surface area contributed by atoms with Gasteiger partial charge in [-0.2, -0.15) is 0 Å². The lowest BCUT2D eigenvalue weighted by Crippen LogP contribution is -2.32. The van der Waals surface area contributed by atoms with E-state index < -0.39 is 5.97 Å². The lowest BCUT2D eigenvalue weighted by atomic mass is 10.2. The molecule has 2 rings (SSSR count). The Morgan fingerprint density at radius 3 is 2.53 bits per heavy atom. The van der Waals surface area contributed by atoms with Crippen LogP contribution in [0.2, 0.25) is 5.02 Å². The van der Waals surface area contributed by atoms with Crippen molar-refractivity contribution in [3.05, 3.63) is 28.8 Å². The number of aromatic carboxylic acids is 1. The number of anilines is 1. The number of carbonyl (C=O) groups is 2. The van der Waals surface area contributed by atoms with Crippen LogP contribution in [0.4, 0.5) is 10.5 Å². The Bertz CT molecular complexity index is 543. The van der Waals surface area contributed by atoms with Crippen LogP contribution in [0.25, 0.3) is 0 Å². The molecule has 1 fully saturated rings. The highest BCUT2D eigenvalue weighted by Crippen LogP contribution is 2.44. The lowest BCUT2D eigenvalue weighted by Gasteiger charge is -2.09. The van der Waals surface area contributed by atoms with E-state index in [2.05, 4.69) is 24.5 Å². The Labute approximate surface area is 116 Å². The number of urea groups is 1. The molecule has 1 aliphatic carbocycles. The van der Waals surface area contributed by atoms with E-state index in [1.807, 2.05) is 0 Å². The topological polar surface area (TPSA) is 78.4 Å². The van der Waals surface area contributed by atoms with Crippen molar-refractivity contribution in [2.75, 3.05) is 5.32 Å². The number of rotatable bonds is 3. The summed E-state index contributed by atoms with van der Waals surface area (Å²) in [5, 5.41) is 14.4. The van der Waals surface area contributed by atoms with Crippen LogP contribution in [0, 0.1) is 5.41 Å². The highest BCUT2D eigenvalue weighted by atomic mass is 35.5. The minimum atomic E-state index is -1.10. The van der Waals surface area contributed by atoms with Gasteiger partial charge in [0.1, 0.15) is 0 Å². The van der Waals surface area contributed by atoms with Crippen LogP contribution in [0.15, 0.2) is 18.2 Å². The van der Waals surface area contributed by atoms with Gasteiger partial charge in [-0.15, -0.1) is 0 Å². The minimum absolute atomic E-state index is 0.0101. The number of carboxylic acids is 1. The minimum Gasteiger partial charge on any atom is -0.478 e. The fourth-order valence-electron chi connectivity index (χ4n) is 1.81. The van der Waals surface area contributed by atoms with Gasteiger partial charge >= 0.3 is 12.0 Å². The molecular weight excluding hydrogens is 268 g/mol. The molecule has 5 nitrogen and oxygen atoms in total. The van der Waals surface area contributed by atoms with Gasteiger partial charge in [0.25, 0.3) is 0 Å². The van der Waals surface area contributed by atoms with Crippen LogP contribution in [0.5, 0.6) is 0 Å². The van der Waals surface area contributed by atoms with Crippen molar-refractivity contribution in [3.63, 3.8) is 0 Å². The molecule has 1 aromatic rings. The Morgan fingerprint density at radius 1 is 1.42 bits per heavy atom. The monoisotopic (exact) mass is 282 g/mol. The third-order valence-corrected chi connectivity index (χ3v) is 3.59. The molecule has 0 radical (unpaired) electrons. The molecule has 0 aliphatic heterocycles. The quantitative estimate of drug-likeness (QED) is 0.797. The van der Waals surface area contributed by atoms with E-state index in [-0.39, 0.29) is 28.1 Å². The van der Waals surface area contributed by atoms with Crippen molar-refractivity contribution in [2.45, 2.75) is 26.3 Å². The van der Waals surface area contributed by atoms with Gasteiger partial charge in [-0.1, -0.05) is 25.4 Å². The predicted molar refractivity (Wildman–Crippen MR) is 72.8 cm³/mol. The maximum atomic E-state index is 11.7. The highest BCUT2D eigenvalue weighted by Gasteiger charge is 2.46. The third kappa shape index (κ3) is 3.17. The molecule has 0 spiro atoms. The highest BCUT2D eigenvalue weighted by molar-refractivity contribution is 6.33. The molecule has 19 heavy (non-hydrogen) atoms. The van der Waals surface area contributed by atoms with Gasteiger partial charge < -0.3 is 15.7 Å².